The summed E-state index contributed by atoms with van der Waals surface area (Å²) < 4.78 is 25.8. The molecule has 1 nitrogen and oxygen atoms in total. The van der Waals surface area contributed by atoms with Crippen molar-refractivity contribution in [2.24, 2.45) is 11.1 Å². The number of alkyl halides is 2. The molecule has 1 aliphatic rings. The third-order valence-corrected chi connectivity index (χ3v) is 2.55. The Morgan fingerprint density at radius 3 is 2.20 bits per heavy atom. The van der Waals surface area contributed by atoms with Crippen molar-refractivity contribution in [2.75, 3.05) is 6.54 Å². The zero-order chi connectivity index (χ0) is 7.83. The van der Waals surface area contributed by atoms with Crippen molar-refractivity contribution in [3.8, 4) is 0 Å². The molecule has 1 saturated carbocycles. The molecular weight excluding hydrogens is 136 g/mol. The van der Waals surface area contributed by atoms with Crippen LogP contribution in [0.25, 0.3) is 0 Å². The van der Waals surface area contributed by atoms with Crippen LogP contribution in [-0.4, -0.2) is 12.5 Å². The molecule has 0 saturated heterocycles. The van der Waals surface area contributed by atoms with Crippen LogP contribution in [0, 0.1) is 5.41 Å². The number of rotatable bonds is 1. The standard InChI is InChI=1S/C7H13F2N/c1-6(5-10)3-2-4-7(6,8)9/h2-5,10H2,1H3/t6-/m1/s1. The highest BCUT2D eigenvalue weighted by Gasteiger charge is 2.52. The van der Waals surface area contributed by atoms with E-state index in [0.717, 1.165) is 0 Å². The smallest absolute Gasteiger partial charge is 0.254 e. The van der Waals surface area contributed by atoms with Crippen LogP contribution < -0.4 is 5.73 Å². The summed E-state index contributed by atoms with van der Waals surface area (Å²) in [7, 11) is 0. The molecule has 0 bridgehead atoms. The van der Waals surface area contributed by atoms with Crippen molar-refractivity contribution in [2.45, 2.75) is 32.1 Å². The van der Waals surface area contributed by atoms with E-state index >= 15 is 0 Å². The van der Waals surface area contributed by atoms with Crippen molar-refractivity contribution in [1.82, 2.24) is 0 Å². The maximum absolute atomic E-state index is 12.9. The second-order valence-corrected chi connectivity index (χ2v) is 3.32. The van der Waals surface area contributed by atoms with E-state index in [0.29, 0.717) is 12.8 Å². The molecule has 0 aromatic rings. The molecule has 1 fully saturated rings. The first-order valence-corrected chi connectivity index (χ1v) is 3.60. The van der Waals surface area contributed by atoms with Crippen LogP contribution >= 0.6 is 0 Å². The Labute approximate surface area is 59.6 Å². The lowest BCUT2D eigenvalue weighted by Gasteiger charge is -2.29. The monoisotopic (exact) mass is 149 g/mol. The molecule has 1 rings (SSSR count). The number of hydrogen-bond acceptors (Lipinski definition) is 1. The van der Waals surface area contributed by atoms with Gasteiger partial charge in [-0.25, -0.2) is 8.78 Å². The predicted molar refractivity (Wildman–Crippen MR) is 36.0 cm³/mol. The van der Waals surface area contributed by atoms with Crippen LogP contribution in [0.1, 0.15) is 26.2 Å². The van der Waals surface area contributed by atoms with Crippen molar-refractivity contribution in [3.05, 3.63) is 0 Å². The molecule has 3 heteroatoms. The number of nitrogens with two attached hydrogens (primary N) is 1. The molecule has 0 amide bonds. The van der Waals surface area contributed by atoms with Gasteiger partial charge < -0.3 is 5.73 Å². The van der Waals surface area contributed by atoms with Crippen molar-refractivity contribution >= 4 is 0 Å². The van der Waals surface area contributed by atoms with Gasteiger partial charge in [-0.05, 0) is 12.8 Å². The Bertz CT molecular complexity index is 136. The van der Waals surface area contributed by atoms with Gasteiger partial charge in [0.05, 0.1) is 0 Å². The average molecular weight is 149 g/mol. The second kappa shape index (κ2) is 2.16. The highest BCUT2D eigenvalue weighted by Crippen LogP contribution is 2.49. The van der Waals surface area contributed by atoms with Gasteiger partial charge in [-0.2, -0.15) is 0 Å². The first kappa shape index (κ1) is 7.92. The molecule has 0 radical (unpaired) electrons. The van der Waals surface area contributed by atoms with Gasteiger partial charge >= 0.3 is 0 Å². The fourth-order valence-electron chi connectivity index (χ4n) is 1.44. The zero-order valence-electron chi connectivity index (χ0n) is 6.16. The summed E-state index contributed by atoms with van der Waals surface area (Å²) in [6.45, 7) is 1.67. The first-order valence-electron chi connectivity index (χ1n) is 3.60. The van der Waals surface area contributed by atoms with Gasteiger partial charge in [0.2, 0.25) is 0 Å². The molecule has 1 atom stereocenters. The van der Waals surface area contributed by atoms with E-state index < -0.39 is 11.3 Å². The molecule has 10 heavy (non-hydrogen) atoms. The van der Waals surface area contributed by atoms with Gasteiger partial charge in [-0.1, -0.05) is 6.92 Å². The summed E-state index contributed by atoms with van der Waals surface area (Å²) in [6, 6.07) is 0. The average Bonchev–Trinajstić information content (AvgIpc) is 2.10. The summed E-state index contributed by atoms with van der Waals surface area (Å²) in [5.41, 5.74) is 4.34. The van der Waals surface area contributed by atoms with Crippen LogP contribution in [0.2, 0.25) is 0 Å². The van der Waals surface area contributed by atoms with E-state index in [1.807, 2.05) is 0 Å². The first-order chi connectivity index (χ1) is 4.52. The van der Waals surface area contributed by atoms with E-state index in [1.165, 1.54) is 0 Å². The SMILES string of the molecule is C[C@]1(CN)CCCC1(F)F. The molecule has 0 aromatic heterocycles. The summed E-state index contributed by atoms with van der Waals surface area (Å²) in [6.07, 6.45) is 1.19. The molecule has 1 aliphatic carbocycles. The second-order valence-electron chi connectivity index (χ2n) is 3.32. The number of hydrogen-bond donors (Lipinski definition) is 1. The number of halogens is 2. The Balaban J connectivity index is 2.76. The quantitative estimate of drug-likeness (QED) is 0.604. The molecule has 0 heterocycles. The molecule has 2 N–H and O–H groups in total. The van der Waals surface area contributed by atoms with Crippen LogP contribution in [0.4, 0.5) is 8.78 Å². The fourth-order valence-corrected chi connectivity index (χ4v) is 1.44. The minimum absolute atomic E-state index is 0.0146. The Hall–Kier alpha value is -0.180. The van der Waals surface area contributed by atoms with Gasteiger partial charge in [0.1, 0.15) is 0 Å². The van der Waals surface area contributed by atoms with Gasteiger partial charge in [-0.15, -0.1) is 0 Å². The van der Waals surface area contributed by atoms with Crippen LogP contribution in [0.15, 0.2) is 0 Å². The summed E-state index contributed by atoms with van der Waals surface area (Å²) in [5, 5.41) is 0. The summed E-state index contributed by atoms with van der Waals surface area (Å²) in [4.78, 5) is 0. The molecule has 60 valence electrons. The lowest BCUT2D eigenvalue weighted by atomic mass is 9.86. The highest BCUT2D eigenvalue weighted by molar-refractivity contribution is 4.95. The lowest BCUT2D eigenvalue weighted by molar-refractivity contribution is -0.0847. The van der Waals surface area contributed by atoms with Crippen molar-refractivity contribution < 1.29 is 8.78 Å². The van der Waals surface area contributed by atoms with Gasteiger partial charge in [-0.3, -0.25) is 0 Å². The van der Waals surface area contributed by atoms with E-state index in [2.05, 4.69) is 0 Å². The van der Waals surface area contributed by atoms with Crippen LogP contribution in [0.3, 0.4) is 0 Å². The maximum atomic E-state index is 12.9. The molecule has 0 spiro atoms. The molecule has 0 aromatic carbocycles. The fraction of sp³-hybridized carbons (Fsp3) is 1.00. The van der Waals surface area contributed by atoms with Crippen LogP contribution in [0.5, 0.6) is 0 Å². The summed E-state index contributed by atoms with van der Waals surface area (Å²) >= 11 is 0. The zero-order valence-corrected chi connectivity index (χ0v) is 6.16. The van der Waals surface area contributed by atoms with Gasteiger partial charge in [0, 0.05) is 18.4 Å². The van der Waals surface area contributed by atoms with E-state index in [4.69, 9.17) is 5.73 Å². The van der Waals surface area contributed by atoms with E-state index in [9.17, 15) is 8.78 Å². The Morgan fingerprint density at radius 2 is 2.00 bits per heavy atom. The van der Waals surface area contributed by atoms with Gasteiger partial charge in [0.25, 0.3) is 5.92 Å². The van der Waals surface area contributed by atoms with Crippen LogP contribution in [-0.2, 0) is 0 Å². The minimum Gasteiger partial charge on any atom is -0.330 e. The van der Waals surface area contributed by atoms with Crippen molar-refractivity contribution in [3.63, 3.8) is 0 Å². The van der Waals surface area contributed by atoms with E-state index in [1.54, 1.807) is 6.92 Å². The minimum atomic E-state index is -2.53. The highest BCUT2D eigenvalue weighted by atomic mass is 19.3. The molecule has 0 unspecified atom stereocenters. The normalized spacial score (nSPS) is 38.4. The predicted octanol–water partition coefficient (Wildman–Crippen LogP) is 1.77. The largest absolute Gasteiger partial charge is 0.330 e. The van der Waals surface area contributed by atoms with Gasteiger partial charge in [0.15, 0.2) is 0 Å². The van der Waals surface area contributed by atoms with Crippen molar-refractivity contribution in [1.29, 1.82) is 0 Å². The lowest BCUT2D eigenvalue weighted by Crippen LogP contribution is -2.39. The third kappa shape index (κ3) is 0.926. The van der Waals surface area contributed by atoms with E-state index in [-0.39, 0.29) is 13.0 Å². The third-order valence-electron chi connectivity index (χ3n) is 2.55. The maximum Gasteiger partial charge on any atom is 0.254 e. The molecule has 0 aliphatic heterocycles. The molecular formula is C7H13F2N. The Morgan fingerprint density at radius 1 is 1.40 bits per heavy atom. The topological polar surface area (TPSA) is 26.0 Å². The summed E-state index contributed by atoms with van der Waals surface area (Å²) in [5.74, 6) is -2.53. The Kier molecular flexibility index (Phi) is 1.71.